The molecular formula is C21H26N4O3. The summed E-state index contributed by atoms with van der Waals surface area (Å²) in [6, 6.07) is 6.51. The fourth-order valence-electron chi connectivity index (χ4n) is 5.38. The van der Waals surface area contributed by atoms with Crippen molar-refractivity contribution in [3.8, 4) is 0 Å². The molecule has 4 atom stereocenters. The van der Waals surface area contributed by atoms with Gasteiger partial charge in [-0.1, -0.05) is 12.1 Å². The number of nitrogens with zero attached hydrogens (tertiary/aromatic N) is 1. The first-order chi connectivity index (χ1) is 13.6. The second-order valence-corrected chi connectivity index (χ2v) is 8.52. The number of carbonyl (C=O) groups excluding carboxylic acids is 3. The van der Waals surface area contributed by atoms with Crippen LogP contribution in [0.25, 0.3) is 0 Å². The fourth-order valence-corrected chi connectivity index (χ4v) is 5.38. The van der Waals surface area contributed by atoms with Gasteiger partial charge < -0.3 is 15.5 Å². The lowest BCUT2D eigenvalue weighted by Crippen LogP contribution is -2.52. The van der Waals surface area contributed by atoms with Crippen LogP contribution in [0.1, 0.15) is 53.6 Å². The smallest absolute Gasteiger partial charge is 0.255 e. The molecule has 28 heavy (non-hydrogen) atoms. The Morgan fingerprint density at radius 3 is 2.79 bits per heavy atom. The van der Waals surface area contributed by atoms with E-state index in [2.05, 4.69) is 22.0 Å². The van der Waals surface area contributed by atoms with Gasteiger partial charge in [0, 0.05) is 43.7 Å². The van der Waals surface area contributed by atoms with Crippen LogP contribution in [0, 0.1) is 5.92 Å². The van der Waals surface area contributed by atoms with Crippen LogP contribution in [0.4, 0.5) is 0 Å². The summed E-state index contributed by atoms with van der Waals surface area (Å²) in [6.07, 6.45) is 4.63. The standard InChI is InChI=1S/C21H26N4O3/c26-19-7-6-18(20(27)24-19)25-11-16-13(2-1-3-15(16)21(25)28)9-22-10-17-12-4-5-14(8-12)23-17/h1-3,12,14,17-18,22-23H,4-11H2,(H,24,26,27)/t12-,14+,17+,18?/m0/s1. The summed E-state index contributed by atoms with van der Waals surface area (Å²) in [7, 11) is 0. The lowest BCUT2D eigenvalue weighted by atomic mass is 9.99. The van der Waals surface area contributed by atoms with Crippen molar-refractivity contribution in [3.05, 3.63) is 34.9 Å². The molecule has 2 saturated heterocycles. The molecule has 0 spiro atoms. The topological polar surface area (TPSA) is 90.5 Å². The van der Waals surface area contributed by atoms with Crippen molar-refractivity contribution in [1.82, 2.24) is 20.9 Å². The Hall–Kier alpha value is -2.25. The van der Waals surface area contributed by atoms with Crippen LogP contribution >= 0.6 is 0 Å². The molecule has 3 amide bonds. The molecule has 1 unspecified atom stereocenters. The first-order valence-corrected chi connectivity index (χ1v) is 10.3. The Balaban J connectivity index is 1.25. The molecule has 1 saturated carbocycles. The van der Waals surface area contributed by atoms with E-state index < -0.39 is 6.04 Å². The summed E-state index contributed by atoms with van der Waals surface area (Å²) >= 11 is 0. The predicted molar refractivity (Wildman–Crippen MR) is 102 cm³/mol. The molecule has 3 fully saturated rings. The minimum Gasteiger partial charge on any atom is -0.322 e. The Kier molecular flexibility index (Phi) is 4.44. The van der Waals surface area contributed by atoms with Gasteiger partial charge in [0.1, 0.15) is 6.04 Å². The van der Waals surface area contributed by atoms with Gasteiger partial charge in [-0.25, -0.2) is 0 Å². The average molecular weight is 382 g/mol. The number of carbonyl (C=O) groups is 3. The van der Waals surface area contributed by atoms with Crippen LogP contribution in [-0.4, -0.2) is 47.3 Å². The number of imide groups is 1. The van der Waals surface area contributed by atoms with Crippen LogP contribution in [-0.2, 0) is 22.7 Å². The van der Waals surface area contributed by atoms with Gasteiger partial charge in [-0.05, 0) is 48.8 Å². The quantitative estimate of drug-likeness (QED) is 0.652. The van der Waals surface area contributed by atoms with Crippen molar-refractivity contribution < 1.29 is 14.4 Å². The van der Waals surface area contributed by atoms with Crippen LogP contribution in [0.5, 0.6) is 0 Å². The largest absolute Gasteiger partial charge is 0.322 e. The Labute approximate surface area is 164 Å². The van der Waals surface area contributed by atoms with Crippen LogP contribution in [0.2, 0.25) is 0 Å². The Bertz CT molecular complexity index is 839. The molecule has 3 aliphatic heterocycles. The molecule has 1 aromatic rings. The molecule has 3 N–H and O–H groups in total. The number of hydrogen-bond acceptors (Lipinski definition) is 5. The summed E-state index contributed by atoms with van der Waals surface area (Å²) in [6.45, 7) is 2.09. The van der Waals surface area contributed by atoms with Crippen LogP contribution < -0.4 is 16.0 Å². The zero-order valence-electron chi connectivity index (χ0n) is 15.9. The summed E-state index contributed by atoms with van der Waals surface area (Å²) in [5.41, 5.74) is 2.80. The van der Waals surface area contributed by atoms with E-state index in [0.29, 0.717) is 30.6 Å². The van der Waals surface area contributed by atoms with Crippen molar-refractivity contribution in [2.45, 2.75) is 63.3 Å². The Morgan fingerprint density at radius 1 is 1.14 bits per heavy atom. The van der Waals surface area contributed by atoms with E-state index in [9.17, 15) is 14.4 Å². The molecule has 7 nitrogen and oxygen atoms in total. The first-order valence-electron chi connectivity index (χ1n) is 10.3. The van der Waals surface area contributed by atoms with E-state index in [1.807, 2.05) is 12.1 Å². The van der Waals surface area contributed by atoms with Gasteiger partial charge >= 0.3 is 0 Å². The third-order valence-electron chi connectivity index (χ3n) is 6.85. The van der Waals surface area contributed by atoms with Gasteiger partial charge in [-0.2, -0.15) is 0 Å². The number of benzene rings is 1. The Morgan fingerprint density at radius 2 is 2.04 bits per heavy atom. The highest BCUT2D eigenvalue weighted by molar-refractivity contribution is 6.05. The van der Waals surface area contributed by atoms with Gasteiger partial charge in [-0.15, -0.1) is 0 Å². The zero-order chi connectivity index (χ0) is 19.3. The van der Waals surface area contributed by atoms with E-state index in [0.717, 1.165) is 30.1 Å². The lowest BCUT2D eigenvalue weighted by Gasteiger charge is -2.29. The highest BCUT2D eigenvalue weighted by atomic mass is 16.2. The molecule has 4 aliphatic rings. The molecular weight excluding hydrogens is 356 g/mol. The van der Waals surface area contributed by atoms with E-state index in [4.69, 9.17) is 0 Å². The molecule has 0 aromatic heterocycles. The number of rotatable bonds is 5. The third-order valence-corrected chi connectivity index (χ3v) is 6.85. The first kappa shape index (κ1) is 17.8. The third kappa shape index (κ3) is 3.02. The molecule has 1 aliphatic carbocycles. The van der Waals surface area contributed by atoms with Gasteiger partial charge in [0.05, 0.1) is 0 Å². The van der Waals surface area contributed by atoms with Crippen LogP contribution in [0.3, 0.4) is 0 Å². The van der Waals surface area contributed by atoms with Crippen molar-refractivity contribution in [2.24, 2.45) is 5.92 Å². The van der Waals surface area contributed by atoms with Crippen LogP contribution in [0.15, 0.2) is 18.2 Å². The van der Waals surface area contributed by atoms with Crippen molar-refractivity contribution >= 4 is 17.7 Å². The lowest BCUT2D eigenvalue weighted by molar-refractivity contribution is -0.136. The fraction of sp³-hybridized carbons (Fsp3) is 0.571. The maximum Gasteiger partial charge on any atom is 0.255 e. The highest BCUT2D eigenvalue weighted by Crippen LogP contribution is 2.35. The average Bonchev–Trinajstić information content (AvgIpc) is 3.38. The number of nitrogens with one attached hydrogen (secondary N) is 3. The molecule has 148 valence electrons. The van der Waals surface area contributed by atoms with Gasteiger partial charge in [0.25, 0.3) is 5.91 Å². The van der Waals surface area contributed by atoms with Gasteiger partial charge in [0.2, 0.25) is 11.8 Å². The van der Waals surface area contributed by atoms with Gasteiger partial charge in [0.15, 0.2) is 0 Å². The zero-order valence-corrected chi connectivity index (χ0v) is 15.9. The molecule has 3 heterocycles. The second kappa shape index (κ2) is 6.97. The monoisotopic (exact) mass is 382 g/mol. The summed E-state index contributed by atoms with van der Waals surface area (Å²) in [5, 5.41) is 9.62. The maximum absolute atomic E-state index is 12.9. The minimum absolute atomic E-state index is 0.110. The number of piperidine rings is 2. The number of amides is 3. The van der Waals surface area contributed by atoms with E-state index in [1.54, 1.807) is 4.90 Å². The summed E-state index contributed by atoms with van der Waals surface area (Å²) < 4.78 is 0. The second-order valence-electron chi connectivity index (χ2n) is 8.52. The normalized spacial score (nSPS) is 31.4. The highest BCUT2D eigenvalue weighted by Gasteiger charge is 2.40. The van der Waals surface area contributed by atoms with E-state index in [-0.39, 0.29) is 24.1 Å². The molecule has 5 rings (SSSR count). The van der Waals surface area contributed by atoms with Crippen molar-refractivity contribution in [3.63, 3.8) is 0 Å². The molecule has 1 aromatic carbocycles. The number of hydrogen-bond donors (Lipinski definition) is 3. The molecule has 7 heteroatoms. The summed E-state index contributed by atoms with van der Waals surface area (Å²) in [4.78, 5) is 38.1. The molecule has 0 radical (unpaired) electrons. The SMILES string of the molecule is O=C1CCC(N2Cc3c(CNC[C@H]4N[C@@H]5CC[C@H]4C5)cccc3C2=O)C(=O)N1. The maximum atomic E-state index is 12.9. The van der Waals surface area contributed by atoms with Gasteiger partial charge in [-0.3, -0.25) is 19.7 Å². The summed E-state index contributed by atoms with van der Waals surface area (Å²) in [5.74, 6) is 0.0636. The predicted octanol–water partition coefficient (Wildman–Crippen LogP) is 0.678. The minimum atomic E-state index is -0.559. The van der Waals surface area contributed by atoms with E-state index >= 15 is 0 Å². The van der Waals surface area contributed by atoms with Crippen molar-refractivity contribution in [2.75, 3.05) is 6.54 Å². The van der Waals surface area contributed by atoms with E-state index in [1.165, 1.54) is 19.3 Å². The van der Waals surface area contributed by atoms with Crippen molar-refractivity contribution in [1.29, 1.82) is 0 Å². The molecule has 2 bridgehead atoms. The number of fused-ring (bicyclic) bond motifs is 3.